The molecule has 0 atom stereocenters. The van der Waals surface area contributed by atoms with Gasteiger partial charge >= 0.3 is 0 Å². The highest BCUT2D eigenvalue weighted by molar-refractivity contribution is 6.18. The number of nitrogens with zero attached hydrogens (tertiary/aromatic N) is 6. The van der Waals surface area contributed by atoms with Gasteiger partial charge in [-0.1, -0.05) is 158 Å². The van der Waals surface area contributed by atoms with Crippen LogP contribution in [0.5, 0.6) is 0 Å². The average molecular weight is 779 g/mol. The maximum absolute atomic E-state index is 5.24. The van der Waals surface area contributed by atoms with Crippen molar-refractivity contribution in [3.05, 3.63) is 206 Å². The molecule has 6 nitrogen and oxygen atoms in total. The number of aromatic nitrogens is 6. The molecule has 10 aromatic carbocycles. The summed E-state index contributed by atoms with van der Waals surface area (Å²) in [6.45, 7) is 0. The van der Waals surface area contributed by atoms with Crippen molar-refractivity contribution in [2.75, 3.05) is 0 Å². The van der Waals surface area contributed by atoms with E-state index < -0.39 is 0 Å². The molecule has 0 aliphatic rings. The van der Waals surface area contributed by atoms with E-state index in [-0.39, 0.29) is 0 Å². The Hall–Kier alpha value is -8.35. The minimum atomic E-state index is 0.589. The van der Waals surface area contributed by atoms with Crippen molar-refractivity contribution in [3.8, 4) is 62.1 Å². The van der Waals surface area contributed by atoms with Gasteiger partial charge in [0.15, 0.2) is 17.5 Å². The molecule has 0 spiro atoms. The molecule has 0 aliphatic heterocycles. The van der Waals surface area contributed by atoms with Crippen molar-refractivity contribution in [3.63, 3.8) is 0 Å². The fraction of sp³-hybridized carbons (Fsp3) is 0. The van der Waals surface area contributed by atoms with Crippen molar-refractivity contribution in [1.29, 1.82) is 0 Å². The van der Waals surface area contributed by atoms with Gasteiger partial charge < -0.3 is 0 Å². The van der Waals surface area contributed by atoms with Gasteiger partial charge in [-0.2, -0.15) is 4.80 Å². The zero-order valence-electron chi connectivity index (χ0n) is 32.8. The second kappa shape index (κ2) is 14.2. The van der Waals surface area contributed by atoms with E-state index in [0.29, 0.717) is 17.5 Å². The number of benzene rings is 10. The molecule has 2 heterocycles. The third-order valence-electron chi connectivity index (χ3n) is 11.6. The van der Waals surface area contributed by atoms with E-state index in [0.717, 1.165) is 77.2 Å². The van der Waals surface area contributed by atoms with E-state index in [4.69, 9.17) is 25.1 Å². The summed E-state index contributed by atoms with van der Waals surface area (Å²) in [6.07, 6.45) is 0. The Balaban J connectivity index is 1.03. The molecule has 0 saturated carbocycles. The van der Waals surface area contributed by atoms with Gasteiger partial charge in [0.05, 0.1) is 5.69 Å². The third-order valence-corrected chi connectivity index (χ3v) is 11.6. The minimum absolute atomic E-state index is 0.589. The largest absolute Gasteiger partial charge is 0.208 e. The topological polar surface area (TPSA) is 69.4 Å². The Bertz CT molecular complexity index is 3530. The fourth-order valence-corrected chi connectivity index (χ4v) is 8.51. The van der Waals surface area contributed by atoms with Crippen molar-refractivity contribution >= 4 is 54.1 Å². The van der Waals surface area contributed by atoms with Crippen LogP contribution in [0, 0.1) is 0 Å². The molecule has 0 amide bonds. The predicted octanol–water partition coefficient (Wildman–Crippen LogP) is 13.6. The van der Waals surface area contributed by atoms with Gasteiger partial charge in [-0.15, -0.1) is 10.2 Å². The Morgan fingerprint density at radius 1 is 0.295 bits per heavy atom. The van der Waals surface area contributed by atoms with Gasteiger partial charge in [0.25, 0.3) is 0 Å². The third kappa shape index (κ3) is 6.26. The van der Waals surface area contributed by atoms with E-state index in [1.165, 1.54) is 21.5 Å². The van der Waals surface area contributed by atoms with Crippen molar-refractivity contribution in [1.82, 2.24) is 29.9 Å². The van der Waals surface area contributed by atoms with Crippen LogP contribution in [0.1, 0.15) is 0 Å². The lowest BCUT2D eigenvalue weighted by Gasteiger charge is -2.12. The molecule has 0 bridgehead atoms. The fourth-order valence-electron chi connectivity index (χ4n) is 8.51. The normalized spacial score (nSPS) is 11.6. The van der Waals surface area contributed by atoms with E-state index in [1.54, 1.807) is 4.80 Å². The quantitative estimate of drug-likeness (QED) is 0.157. The molecule has 0 N–H and O–H groups in total. The summed E-state index contributed by atoms with van der Waals surface area (Å²) in [5, 5.41) is 19.0. The first-order chi connectivity index (χ1) is 30.2. The summed E-state index contributed by atoms with van der Waals surface area (Å²) in [7, 11) is 0. The lowest BCUT2D eigenvalue weighted by molar-refractivity contribution is 0.766. The Morgan fingerprint density at radius 3 is 1.38 bits per heavy atom. The van der Waals surface area contributed by atoms with E-state index >= 15 is 0 Å². The second-order valence-corrected chi connectivity index (χ2v) is 15.4. The molecule has 6 heteroatoms. The van der Waals surface area contributed by atoms with Crippen LogP contribution in [0.3, 0.4) is 0 Å². The molecule has 12 rings (SSSR count). The number of hydrogen-bond acceptors (Lipinski definition) is 5. The van der Waals surface area contributed by atoms with E-state index in [1.807, 2.05) is 36.4 Å². The van der Waals surface area contributed by atoms with Crippen LogP contribution in [0.2, 0.25) is 0 Å². The van der Waals surface area contributed by atoms with Crippen LogP contribution < -0.4 is 0 Å². The van der Waals surface area contributed by atoms with Gasteiger partial charge in [0.2, 0.25) is 0 Å². The molecule has 0 radical (unpaired) electrons. The zero-order valence-corrected chi connectivity index (χ0v) is 32.8. The van der Waals surface area contributed by atoms with E-state index in [2.05, 4.69) is 170 Å². The van der Waals surface area contributed by atoms with Crippen LogP contribution in [-0.2, 0) is 0 Å². The molecule has 0 unspecified atom stereocenters. The maximum Gasteiger partial charge on any atom is 0.164 e. The Kier molecular flexibility index (Phi) is 8.06. The van der Waals surface area contributed by atoms with Crippen molar-refractivity contribution < 1.29 is 0 Å². The standard InChI is InChI=1S/C55H34N6/c1-2-18-48(19-3-1)61-59-50-29-28-38-24-22-37-23-27-47(34-49(37)51(38)52(50)60-61)55-57-53(45-16-8-14-41(32-45)43-25-20-35-10-4-6-12-39(35)30-43)56-54(58-55)46-17-9-15-42(33-46)44-26-21-36-11-5-7-13-40(36)31-44/h1-34H. The van der Waals surface area contributed by atoms with Crippen LogP contribution in [0.4, 0.5) is 0 Å². The SMILES string of the molecule is c1ccc(-n2nc3ccc4ccc5ccc(-c6nc(-c7cccc(-c8ccc9ccccc9c8)c7)nc(-c7cccc(-c8ccc9ccccc9c8)c7)n6)cc5c4c3n2)cc1. The molecule has 61 heavy (non-hydrogen) atoms. The first-order valence-corrected chi connectivity index (χ1v) is 20.4. The molecule has 2 aromatic heterocycles. The van der Waals surface area contributed by atoms with Gasteiger partial charge in [-0.3, -0.25) is 0 Å². The smallest absolute Gasteiger partial charge is 0.164 e. The van der Waals surface area contributed by atoms with Gasteiger partial charge in [-0.05, 0) is 108 Å². The van der Waals surface area contributed by atoms with E-state index in [9.17, 15) is 0 Å². The Morgan fingerprint density at radius 2 is 0.754 bits per heavy atom. The summed E-state index contributed by atoms with van der Waals surface area (Å²) in [5.41, 5.74) is 9.74. The zero-order chi connectivity index (χ0) is 40.3. The summed E-state index contributed by atoms with van der Waals surface area (Å²) in [5.74, 6) is 1.79. The highest BCUT2D eigenvalue weighted by Gasteiger charge is 2.17. The summed E-state index contributed by atoms with van der Waals surface area (Å²) < 4.78 is 0. The maximum atomic E-state index is 5.24. The summed E-state index contributed by atoms with van der Waals surface area (Å²) in [4.78, 5) is 17.4. The number of rotatable bonds is 6. The Labute approximate surface area is 351 Å². The van der Waals surface area contributed by atoms with Gasteiger partial charge in [-0.25, -0.2) is 15.0 Å². The number of fused-ring (bicyclic) bond motifs is 7. The molecular formula is C55H34N6. The number of para-hydroxylation sites is 1. The average Bonchev–Trinajstić information content (AvgIpc) is 3.79. The lowest BCUT2D eigenvalue weighted by atomic mass is 9.98. The summed E-state index contributed by atoms with van der Waals surface area (Å²) in [6, 6.07) is 72.1. The number of hydrogen-bond donors (Lipinski definition) is 0. The monoisotopic (exact) mass is 778 g/mol. The molecule has 0 aliphatic carbocycles. The second-order valence-electron chi connectivity index (χ2n) is 15.4. The molecular weight excluding hydrogens is 745 g/mol. The lowest BCUT2D eigenvalue weighted by Crippen LogP contribution is -2.00. The van der Waals surface area contributed by atoms with Crippen molar-refractivity contribution in [2.45, 2.75) is 0 Å². The first kappa shape index (κ1) is 34.7. The molecule has 0 saturated heterocycles. The minimum Gasteiger partial charge on any atom is -0.208 e. The van der Waals surface area contributed by atoms with Crippen molar-refractivity contribution in [2.24, 2.45) is 0 Å². The first-order valence-electron chi connectivity index (χ1n) is 20.4. The molecule has 12 aromatic rings. The highest BCUT2D eigenvalue weighted by Crippen LogP contribution is 2.36. The van der Waals surface area contributed by atoms with Crippen LogP contribution in [0.25, 0.3) is 116 Å². The highest BCUT2D eigenvalue weighted by atomic mass is 15.5. The van der Waals surface area contributed by atoms with Crippen LogP contribution in [-0.4, -0.2) is 29.9 Å². The predicted molar refractivity (Wildman–Crippen MR) is 249 cm³/mol. The van der Waals surface area contributed by atoms with Crippen LogP contribution in [0.15, 0.2) is 206 Å². The van der Waals surface area contributed by atoms with Gasteiger partial charge in [0.1, 0.15) is 11.0 Å². The summed E-state index contributed by atoms with van der Waals surface area (Å²) >= 11 is 0. The molecule has 284 valence electrons. The van der Waals surface area contributed by atoms with Gasteiger partial charge in [0, 0.05) is 22.1 Å². The molecule has 0 fully saturated rings. The van der Waals surface area contributed by atoms with Crippen LogP contribution >= 0.6 is 0 Å².